The molecule has 1 spiro atoms. The molecule has 306 valence electrons. The lowest BCUT2D eigenvalue weighted by Gasteiger charge is -2.53. The summed E-state index contributed by atoms with van der Waals surface area (Å²) in [5.41, 5.74) is 2.90. The number of hydrogen-bond donors (Lipinski definition) is 1. The van der Waals surface area contributed by atoms with E-state index in [1.807, 2.05) is 25.1 Å². The average Bonchev–Trinajstić information content (AvgIpc) is 3.28. The van der Waals surface area contributed by atoms with Gasteiger partial charge in [0.1, 0.15) is 11.4 Å². The van der Waals surface area contributed by atoms with Gasteiger partial charge in [-0.2, -0.15) is 0 Å². The van der Waals surface area contributed by atoms with Crippen LogP contribution in [0.25, 0.3) is 0 Å². The van der Waals surface area contributed by atoms with E-state index < -0.39 is 26.8 Å². The number of rotatable bonds is 6. The average molecular weight is 810 g/mol. The van der Waals surface area contributed by atoms with Crippen molar-refractivity contribution in [2.75, 3.05) is 77.1 Å². The first-order valence-electron chi connectivity index (χ1n) is 21.1. The maximum absolute atomic E-state index is 13.7. The van der Waals surface area contributed by atoms with E-state index in [2.05, 4.69) is 57.6 Å². The van der Waals surface area contributed by atoms with E-state index in [1.54, 1.807) is 13.0 Å². The molecule has 8 rings (SSSR count). The molecule has 2 aromatic rings. The highest BCUT2D eigenvalue weighted by Gasteiger charge is 2.50. The Balaban J connectivity index is 1.19. The summed E-state index contributed by atoms with van der Waals surface area (Å²) in [5, 5.41) is -0.0325. The van der Waals surface area contributed by atoms with Crippen LogP contribution in [0, 0.1) is 23.7 Å². The molecular weight excluding hydrogens is 748 g/mol. The lowest BCUT2D eigenvalue weighted by molar-refractivity contribution is -0.127. The molecule has 2 aromatic carbocycles. The van der Waals surface area contributed by atoms with Crippen LogP contribution < -0.4 is 14.4 Å². The Labute approximate surface area is 339 Å². The summed E-state index contributed by atoms with van der Waals surface area (Å²) in [6, 6.07) is 12.2. The molecule has 6 atom stereocenters. The first kappa shape index (κ1) is 40.1. The third kappa shape index (κ3) is 8.02. The van der Waals surface area contributed by atoms with Crippen molar-refractivity contribution in [2.24, 2.45) is 23.7 Å². The largest absolute Gasteiger partial charge is 0.490 e. The molecule has 10 nitrogen and oxygen atoms in total. The Kier molecular flexibility index (Phi) is 11.6. The van der Waals surface area contributed by atoms with Crippen molar-refractivity contribution in [3.8, 4) is 5.75 Å². The number of nitrogens with zero attached hydrogens (tertiary/aromatic N) is 3. The van der Waals surface area contributed by atoms with Crippen molar-refractivity contribution in [3.05, 3.63) is 70.3 Å². The molecule has 0 radical (unpaired) electrons. The van der Waals surface area contributed by atoms with Crippen LogP contribution in [0.2, 0.25) is 5.02 Å². The van der Waals surface area contributed by atoms with E-state index in [0.29, 0.717) is 43.1 Å². The predicted octanol–water partition coefficient (Wildman–Crippen LogP) is 6.31. The summed E-state index contributed by atoms with van der Waals surface area (Å²) < 4.78 is 49.4. The van der Waals surface area contributed by atoms with Crippen LogP contribution in [0.15, 0.2) is 48.6 Å². The number of sulfonamides is 1. The first-order chi connectivity index (χ1) is 26.8. The molecule has 1 N–H and O–H groups in total. The number of allylic oxidation sites excluding steroid dienone is 1. The van der Waals surface area contributed by atoms with Gasteiger partial charge in [-0.3, -0.25) is 14.6 Å². The zero-order chi connectivity index (χ0) is 39.2. The number of carbonyl (C=O) groups is 1. The van der Waals surface area contributed by atoms with E-state index in [4.69, 9.17) is 25.8 Å². The Morgan fingerprint density at radius 1 is 1.05 bits per heavy atom. The highest BCUT2D eigenvalue weighted by atomic mass is 35.5. The smallest absolute Gasteiger partial charge is 0.264 e. The molecule has 1 amide bonds. The van der Waals surface area contributed by atoms with Crippen molar-refractivity contribution in [1.82, 2.24) is 14.5 Å². The number of amides is 1. The number of ether oxygens (including phenoxy) is 3. The zero-order valence-corrected chi connectivity index (χ0v) is 35.3. The molecular formula is C44H61ClN4O6S. The van der Waals surface area contributed by atoms with Crippen molar-refractivity contribution < 1.29 is 27.4 Å². The number of halogens is 1. The fraction of sp³-hybridized carbons (Fsp3) is 0.659. The number of fused-ring (bicyclic) bond motifs is 4. The maximum atomic E-state index is 13.7. The van der Waals surface area contributed by atoms with Crippen LogP contribution in [0.4, 0.5) is 5.69 Å². The number of hydrogen-bond acceptors (Lipinski definition) is 9. The van der Waals surface area contributed by atoms with Gasteiger partial charge in [0.25, 0.3) is 5.91 Å². The summed E-state index contributed by atoms with van der Waals surface area (Å²) in [6.07, 6.45) is 10.2. The van der Waals surface area contributed by atoms with Crippen LogP contribution >= 0.6 is 11.6 Å². The van der Waals surface area contributed by atoms with Crippen molar-refractivity contribution in [3.63, 3.8) is 0 Å². The molecule has 6 aliphatic rings. The second-order valence-corrected chi connectivity index (χ2v) is 20.7. The van der Waals surface area contributed by atoms with Crippen molar-refractivity contribution in [2.45, 2.75) is 88.5 Å². The zero-order valence-electron chi connectivity index (χ0n) is 33.7. The third-order valence-electron chi connectivity index (χ3n) is 13.9. The van der Waals surface area contributed by atoms with Crippen molar-refractivity contribution in [1.29, 1.82) is 0 Å². The van der Waals surface area contributed by atoms with Gasteiger partial charge in [0.05, 0.1) is 43.4 Å². The quantitative estimate of drug-likeness (QED) is 0.337. The minimum atomic E-state index is -3.97. The van der Waals surface area contributed by atoms with Crippen LogP contribution in [0.5, 0.6) is 5.75 Å². The number of piperazine rings is 1. The fourth-order valence-electron chi connectivity index (χ4n) is 10.1. The lowest BCUT2D eigenvalue weighted by Crippen LogP contribution is -2.61. The third-order valence-corrected chi connectivity index (χ3v) is 16.1. The number of carbonyl (C=O) groups excluding carboxylic acids is 1. The van der Waals surface area contributed by atoms with Crippen LogP contribution in [0.1, 0.15) is 81.3 Å². The molecule has 3 fully saturated rings. The molecule has 4 heterocycles. The first-order valence-corrected chi connectivity index (χ1v) is 23.0. The molecule has 4 aliphatic heterocycles. The number of anilines is 1. The standard InChI is InChI=1S/C44H61ClN4O6S/c1-30(2)24-55-44(28-47-17-19-48(20-18-47)37-25-53-26-37)16-5-7-31(3)32(4)56(51,52)46-42(50)34-10-14-41-40(22-34)49(23-35-9-12-39(35)44)27-43(29-54-41)15-6-8-33-21-36(45)11-13-38(33)43/h5,10-11,13-14,16,21-22,30-32,35,37,39H,6-9,12,15,17-20,23-29H2,1-4H3,(H,46,50)/b16-5+/t31-,32+,35-,39+,43-,44-/m0/s1. The van der Waals surface area contributed by atoms with Gasteiger partial charge in [-0.25, -0.2) is 13.1 Å². The van der Waals surface area contributed by atoms with Gasteiger partial charge in [-0.1, -0.05) is 50.6 Å². The Bertz CT molecular complexity index is 1900. The van der Waals surface area contributed by atoms with E-state index in [-0.39, 0.29) is 17.3 Å². The number of benzene rings is 2. The van der Waals surface area contributed by atoms with Crippen LogP contribution in [-0.2, 0) is 31.3 Å². The highest BCUT2D eigenvalue weighted by molar-refractivity contribution is 7.90. The maximum Gasteiger partial charge on any atom is 0.264 e. The lowest BCUT2D eigenvalue weighted by atomic mass is 9.63. The Hall–Kier alpha value is -2.67. The molecule has 0 aromatic heterocycles. The van der Waals surface area contributed by atoms with E-state index >= 15 is 0 Å². The van der Waals surface area contributed by atoms with Gasteiger partial charge in [0.2, 0.25) is 10.0 Å². The van der Waals surface area contributed by atoms with Gasteiger partial charge in [-0.15, -0.1) is 0 Å². The SMILES string of the molecule is CC(C)CO[C@]1(CN2CCN(C3COC3)CC2)/C=C/C[C@H](C)[C@@H](C)S(=O)(=O)NC(=O)c2ccc3c(c2)N(C[C@@H]2CC[C@H]21)C[C@@]1(CCCc2cc(Cl)ccc21)CO3. The molecule has 2 aliphatic carbocycles. The summed E-state index contributed by atoms with van der Waals surface area (Å²) in [6.45, 7) is 17.2. The van der Waals surface area contributed by atoms with Crippen LogP contribution in [-0.4, -0.2) is 113 Å². The van der Waals surface area contributed by atoms with Gasteiger partial charge in [0.15, 0.2) is 0 Å². The minimum Gasteiger partial charge on any atom is -0.490 e. The fourth-order valence-corrected chi connectivity index (χ4v) is 11.6. The predicted molar refractivity (Wildman–Crippen MR) is 221 cm³/mol. The monoisotopic (exact) mass is 808 g/mol. The molecule has 1 saturated carbocycles. The Morgan fingerprint density at radius 3 is 2.57 bits per heavy atom. The molecule has 2 bridgehead atoms. The van der Waals surface area contributed by atoms with E-state index in [9.17, 15) is 13.2 Å². The van der Waals surface area contributed by atoms with Gasteiger partial charge < -0.3 is 19.1 Å². The highest BCUT2D eigenvalue weighted by Crippen LogP contribution is 2.49. The molecule has 2 saturated heterocycles. The Morgan fingerprint density at radius 2 is 1.86 bits per heavy atom. The molecule has 0 unspecified atom stereocenters. The number of aryl methyl sites for hydroxylation is 1. The van der Waals surface area contributed by atoms with Crippen LogP contribution in [0.3, 0.4) is 0 Å². The van der Waals surface area contributed by atoms with Gasteiger partial charge in [0, 0.05) is 61.8 Å². The topological polar surface area (TPSA) is 101 Å². The second kappa shape index (κ2) is 16.2. The second-order valence-electron chi connectivity index (χ2n) is 18.2. The molecule has 56 heavy (non-hydrogen) atoms. The normalized spacial score (nSPS) is 33.3. The summed E-state index contributed by atoms with van der Waals surface area (Å²) in [5.74, 6) is 0.830. The van der Waals surface area contributed by atoms with E-state index in [0.717, 1.165) is 108 Å². The van der Waals surface area contributed by atoms with Gasteiger partial charge in [-0.05, 0) is 111 Å². The minimum absolute atomic E-state index is 0.224. The summed E-state index contributed by atoms with van der Waals surface area (Å²) in [7, 11) is -3.97. The summed E-state index contributed by atoms with van der Waals surface area (Å²) >= 11 is 6.54. The van der Waals surface area contributed by atoms with Crippen molar-refractivity contribution >= 4 is 33.2 Å². The van der Waals surface area contributed by atoms with Gasteiger partial charge >= 0.3 is 0 Å². The molecule has 12 heteroatoms. The number of nitrogens with one attached hydrogen (secondary N) is 1. The van der Waals surface area contributed by atoms with E-state index in [1.165, 1.54) is 11.1 Å². The summed E-state index contributed by atoms with van der Waals surface area (Å²) in [4.78, 5) is 21.4.